The Morgan fingerprint density at radius 3 is 1.89 bits per heavy atom. The zero-order valence-electron chi connectivity index (χ0n) is 15.6. The summed E-state index contributed by atoms with van der Waals surface area (Å²) >= 11 is 0. The van der Waals surface area contributed by atoms with E-state index in [2.05, 4.69) is 73.3 Å². The van der Waals surface area contributed by atoms with Gasteiger partial charge in [0.25, 0.3) is 0 Å². The van der Waals surface area contributed by atoms with Crippen LogP contribution in [0.2, 0.25) is 0 Å². The highest BCUT2D eigenvalue weighted by Crippen LogP contribution is 2.36. The molecule has 0 saturated carbocycles. The first kappa shape index (κ1) is 17.9. The fourth-order valence-corrected chi connectivity index (χ4v) is 3.60. The molecule has 0 saturated heterocycles. The topological polar surface area (TPSA) is 0 Å². The number of halogens is 1. The van der Waals surface area contributed by atoms with Crippen LogP contribution in [0, 0.1) is 5.82 Å². The molecule has 0 heterocycles. The SMILES string of the molecule is C=CCc1cccc(-c2ccc(-c3ccccc3)cc2)c1-c1ccc(F)cc1. The Morgan fingerprint density at radius 2 is 1.21 bits per heavy atom. The first-order valence-electron chi connectivity index (χ1n) is 9.41. The van der Waals surface area contributed by atoms with Crippen molar-refractivity contribution in [1.82, 2.24) is 0 Å². The fourth-order valence-electron chi connectivity index (χ4n) is 3.60. The molecular formula is C27H21F. The molecular weight excluding hydrogens is 343 g/mol. The zero-order chi connectivity index (χ0) is 19.3. The van der Waals surface area contributed by atoms with E-state index >= 15 is 0 Å². The molecule has 0 unspecified atom stereocenters. The minimum Gasteiger partial charge on any atom is -0.207 e. The van der Waals surface area contributed by atoms with Crippen LogP contribution in [0.5, 0.6) is 0 Å². The average molecular weight is 364 g/mol. The average Bonchev–Trinajstić information content (AvgIpc) is 2.75. The Morgan fingerprint density at radius 1 is 0.607 bits per heavy atom. The molecule has 0 aromatic heterocycles. The molecule has 0 radical (unpaired) electrons. The molecule has 1 heteroatoms. The van der Waals surface area contributed by atoms with Gasteiger partial charge in [0.1, 0.15) is 5.82 Å². The lowest BCUT2D eigenvalue weighted by Crippen LogP contribution is -1.93. The minimum absolute atomic E-state index is 0.223. The summed E-state index contributed by atoms with van der Waals surface area (Å²) in [5, 5.41) is 0. The molecule has 28 heavy (non-hydrogen) atoms. The van der Waals surface area contributed by atoms with E-state index < -0.39 is 0 Å². The Balaban J connectivity index is 1.82. The largest absolute Gasteiger partial charge is 0.207 e. The second-order valence-corrected chi connectivity index (χ2v) is 6.78. The monoisotopic (exact) mass is 364 g/mol. The van der Waals surface area contributed by atoms with Gasteiger partial charge in [0.05, 0.1) is 0 Å². The molecule has 0 amide bonds. The van der Waals surface area contributed by atoms with Crippen LogP contribution in [0.1, 0.15) is 5.56 Å². The van der Waals surface area contributed by atoms with Crippen LogP contribution in [0.15, 0.2) is 110 Å². The molecule has 0 fully saturated rings. The minimum atomic E-state index is -0.223. The van der Waals surface area contributed by atoms with Crippen molar-refractivity contribution in [2.24, 2.45) is 0 Å². The van der Waals surface area contributed by atoms with Gasteiger partial charge in [-0.05, 0) is 57.5 Å². The second-order valence-electron chi connectivity index (χ2n) is 6.78. The molecule has 0 aliphatic heterocycles. The smallest absolute Gasteiger partial charge is 0.123 e. The summed E-state index contributed by atoms with van der Waals surface area (Å²) in [5.74, 6) is -0.223. The lowest BCUT2D eigenvalue weighted by molar-refractivity contribution is 0.628. The van der Waals surface area contributed by atoms with E-state index in [9.17, 15) is 4.39 Å². The first-order valence-corrected chi connectivity index (χ1v) is 9.41. The van der Waals surface area contributed by atoms with Gasteiger partial charge in [-0.15, -0.1) is 6.58 Å². The molecule has 0 N–H and O–H groups in total. The van der Waals surface area contributed by atoms with Crippen LogP contribution in [0.3, 0.4) is 0 Å². The lowest BCUT2D eigenvalue weighted by Gasteiger charge is -2.15. The van der Waals surface area contributed by atoms with E-state index in [4.69, 9.17) is 0 Å². The lowest BCUT2D eigenvalue weighted by atomic mass is 9.89. The van der Waals surface area contributed by atoms with Gasteiger partial charge in [0.2, 0.25) is 0 Å². The quantitative estimate of drug-likeness (QED) is 0.321. The van der Waals surface area contributed by atoms with Crippen molar-refractivity contribution < 1.29 is 4.39 Å². The molecule has 0 spiro atoms. The summed E-state index contributed by atoms with van der Waals surface area (Å²) in [6, 6.07) is 32.0. The summed E-state index contributed by atoms with van der Waals surface area (Å²) in [7, 11) is 0. The summed E-state index contributed by atoms with van der Waals surface area (Å²) in [5.41, 5.74) is 8.01. The number of rotatable bonds is 5. The van der Waals surface area contributed by atoms with E-state index in [0.29, 0.717) is 0 Å². The van der Waals surface area contributed by atoms with E-state index in [-0.39, 0.29) is 5.82 Å². The third-order valence-electron chi connectivity index (χ3n) is 4.95. The van der Waals surface area contributed by atoms with Gasteiger partial charge >= 0.3 is 0 Å². The van der Waals surface area contributed by atoms with Crippen LogP contribution in [-0.2, 0) is 6.42 Å². The Kier molecular flexibility index (Phi) is 5.16. The van der Waals surface area contributed by atoms with Crippen LogP contribution in [0.25, 0.3) is 33.4 Å². The molecule has 136 valence electrons. The van der Waals surface area contributed by atoms with Crippen molar-refractivity contribution in [3.63, 3.8) is 0 Å². The van der Waals surface area contributed by atoms with Crippen LogP contribution in [0.4, 0.5) is 4.39 Å². The first-order chi connectivity index (χ1) is 13.8. The third-order valence-corrected chi connectivity index (χ3v) is 4.95. The van der Waals surface area contributed by atoms with Gasteiger partial charge < -0.3 is 0 Å². The van der Waals surface area contributed by atoms with Gasteiger partial charge in [0.15, 0.2) is 0 Å². The highest BCUT2D eigenvalue weighted by Gasteiger charge is 2.12. The van der Waals surface area contributed by atoms with Gasteiger partial charge in [0, 0.05) is 0 Å². The third kappa shape index (κ3) is 3.65. The normalized spacial score (nSPS) is 10.6. The van der Waals surface area contributed by atoms with Crippen LogP contribution >= 0.6 is 0 Å². The summed E-state index contributed by atoms with van der Waals surface area (Å²) in [4.78, 5) is 0. The van der Waals surface area contributed by atoms with Crippen molar-refractivity contribution in [2.45, 2.75) is 6.42 Å². The standard InChI is InChI=1S/C27H21F/c1-2-7-23-10-6-11-26(27(23)24-16-18-25(28)19-17-24)22-14-12-21(13-15-22)20-8-4-3-5-9-20/h2-6,8-19H,1,7H2. The van der Waals surface area contributed by atoms with Crippen LogP contribution in [-0.4, -0.2) is 0 Å². The Hall–Kier alpha value is -3.45. The highest BCUT2D eigenvalue weighted by atomic mass is 19.1. The molecule has 0 atom stereocenters. The van der Waals surface area contributed by atoms with E-state index in [0.717, 1.165) is 28.7 Å². The maximum atomic E-state index is 13.5. The number of allylic oxidation sites excluding steroid dienone is 1. The second kappa shape index (κ2) is 8.06. The van der Waals surface area contributed by atoms with Crippen molar-refractivity contribution in [1.29, 1.82) is 0 Å². The molecule has 0 aliphatic carbocycles. The van der Waals surface area contributed by atoms with E-state index in [1.54, 1.807) is 0 Å². The fraction of sp³-hybridized carbons (Fsp3) is 0.0370. The molecule has 0 nitrogen and oxygen atoms in total. The Bertz CT molecular complexity index is 1080. The number of hydrogen-bond acceptors (Lipinski definition) is 0. The zero-order valence-corrected chi connectivity index (χ0v) is 15.6. The van der Waals surface area contributed by atoms with Crippen molar-refractivity contribution in [3.05, 3.63) is 121 Å². The van der Waals surface area contributed by atoms with Crippen molar-refractivity contribution >= 4 is 0 Å². The van der Waals surface area contributed by atoms with Gasteiger partial charge in [-0.1, -0.05) is 91.0 Å². The maximum Gasteiger partial charge on any atom is 0.123 e. The van der Waals surface area contributed by atoms with Gasteiger partial charge in [-0.2, -0.15) is 0 Å². The van der Waals surface area contributed by atoms with Crippen molar-refractivity contribution in [3.8, 4) is 33.4 Å². The van der Waals surface area contributed by atoms with Crippen molar-refractivity contribution in [2.75, 3.05) is 0 Å². The van der Waals surface area contributed by atoms with Gasteiger partial charge in [-0.25, -0.2) is 4.39 Å². The van der Waals surface area contributed by atoms with Crippen LogP contribution < -0.4 is 0 Å². The Labute approximate surface area is 165 Å². The van der Waals surface area contributed by atoms with Gasteiger partial charge in [-0.3, -0.25) is 0 Å². The summed E-state index contributed by atoms with van der Waals surface area (Å²) < 4.78 is 13.5. The van der Waals surface area contributed by atoms with E-state index in [1.807, 2.05) is 24.3 Å². The maximum absolute atomic E-state index is 13.5. The molecule has 4 aromatic carbocycles. The summed E-state index contributed by atoms with van der Waals surface area (Å²) in [6.45, 7) is 3.89. The predicted octanol–water partition coefficient (Wildman–Crippen LogP) is 7.56. The summed E-state index contributed by atoms with van der Waals surface area (Å²) in [6.07, 6.45) is 2.67. The molecule has 0 bridgehead atoms. The molecule has 4 aromatic rings. The van der Waals surface area contributed by atoms with E-state index in [1.165, 1.54) is 28.8 Å². The predicted molar refractivity (Wildman–Crippen MR) is 117 cm³/mol. The molecule has 0 aliphatic rings. The molecule has 4 rings (SSSR count). The number of benzene rings is 4. The number of hydrogen-bond donors (Lipinski definition) is 0. The highest BCUT2D eigenvalue weighted by molar-refractivity contribution is 5.86.